The van der Waals surface area contributed by atoms with Crippen molar-refractivity contribution in [3.63, 3.8) is 0 Å². The van der Waals surface area contributed by atoms with Gasteiger partial charge in [-0.15, -0.1) is 9.05 Å². The molecule has 4 fully saturated rings. The lowest BCUT2D eigenvalue weighted by molar-refractivity contribution is -0.119. The van der Waals surface area contributed by atoms with Gasteiger partial charge in [0.05, 0.1) is 102 Å². The molecule has 0 bridgehead atoms. The molecule has 56 heteroatoms. The first kappa shape index (κ1) is 88.7. The Morgan fingerprint density at radius 1 is 0.556 bits per heavy atom. The number of azide groups is 2. The molecular weight excluding hydrogens is 1740 g/mol. The summed E-state index contributed by atoms with van der Waals surface area (Å²) in [6.45, 7) is -7.76. The van der Waals surface area contributed by atoms with Crippen LogP contribution in [-0.4, -0.2) is 225 Å². The summed E-state index contributed by atoms with van der Waals surface area (Å²) in [5.74, 6) is -4.48. The van der Waals surface area contributed by atoms with Crippen LogP contribution in [0.3, 0.4) is 0 Å². The van der Waals surface area contributed by atoms with Gasteiger partial charge in [-0.3, -0.25) is 76.7 Å². The fraction of sp³-hybridized carbons (Fsp3) is 0.441. The number of H-pyrrole nitrogens is 2. The summed E-state index contributed by atoms with van der Waals surface area (Å²) < 4.78 is 130. The zero-order chi connectivity index (χ0) is 87.8. The van der Waals surface area contributed by atoms with Gasteiger partial charge in [-0.2, -0.15) is 20.5 Å². The van der Waals surface area contributed by atoms with Crippen LogP contribution in [0.25, 0.3) is 65.5 Å². The molecule has 2 aromatic carbocycles. The van der Waals surface area contributed by atoms with Crippen molar-refractivity contribution in [1.29, 1.82) is 10.5 Å². The predicted octanol–water partition coefficient (Wildman–Crippen LogP) is 6.78. The van der Waals surface area contributed by atoms with Crippen molar-refractivity contribution in [1.82, 2.24) is 78.1 Å². The molecule has 0 aliphatic carbocycles. The molecule has 648 valence electrons. The summed E-state index contributed by atoms with van der Waals surface area (Å²) in [5, 5.41) is 58.8. The highest BCUT2D eigenvalue weighted by atomic mass is 32.5. The van der Waals surface area contributed by atoms with Crippen LogP contribution < -0.4 is 32.4 Å². The number of nitrogens with zero attached hydrogens (tertiary/aromatic N) is 22. The number of halogens is 2. The summed E-state index contributed by atoms with van der Waals surface area (Å²) in [6, 6.07) is 16.1. The summed E-state index contributed by atoms with van der Waals surface area (Å²) >= 11 is 12.0. The van der Waals surface area contributed by atoms with E-state index in [1.54, 1.807) is 64.1 Å². The highest BCUT2D eigenvalue weighted by Gasteiger charge is 2.58. The number of carbonyl (C=O) groups is 4. The van der Waals surface area contributed by atoms with Crippen LogP contribution in [0.15, 0.2) is 118 Å². The maximum absolute atomic E-state index is 17.0. The number of hydrogen-bond donors (Lipinski definition) is 8. The molecule has 0 spiro atoms. The van der Waals surface area contributed by atoms with E-state index in [4.69, 9.17) is 78.8 Å². The lowest BCUT2D eigenvalue weighted by Gasteiger charge is -2.29. The monoisotopic (exact) mass is 1810 g/mol. The first-order valence-electron chi connectivity index (χ1n) is 37.3. The van der Waals surface area contributed by atoms with Gasteiger partial charge in [-0.05, 0) is 58.9 Å². The van der Waals surface area contributed by atoms with E-state index < -0.39 is 206 Å². The molecule has 2 unspecified atom stereocenters. The second-order valence-corrected chi connectivity index (χ2v) is 34.7. The van der Waals surface area contributed by atoms with Crippen molar-refractivity contribution < 1.29 is 97.9 Å². The van der Waals surface area contributed by atoms with E-state index in [1.165, 1.54) is 33.4 Å². The molecule has 0 radical (unpaired) electrons. The van der Waals surface area contributed by atoms with E-state index >= 15 is 13.3 Å². The Morgan fingerprint density at radius 2 is 0.919 bits per heavy atom. The van der Waals surface area contributed by atoms with Gasteiger partial charge < -0.3 is 57.9 Å². The number of benzene rings is 2. The quantitative estimate of drug-likeness (QED) is 0.00659. The topological polar surface area (TPSA) is 644 Å². The van der Waals surface area contributed by atoms with Gasteiger partial charge >= 0.3 is 21.7 Å². The van der Waals surface area contributed by atoms with Gasteiger partial charge in [-0.1, -0.05) is 74.3 Å². The number of anilines is 4. The minimum atomic E-state index is -4.62. The van der Waals surface area contributed by atoms with Gasteiger partial charge in [0.15, 0.2) is 106 Å². The molecular formula is C68H70F2N28O21P3S2+. The minimum Gasteiger partial charge on any atom is -0.394 e. The number of fused-ring (bicyclic) bond motifs is 4. The third-order valence-electron chi connectivity index (χ3n) is 19.3. The Labute approximate surface area is 705 Å². The number of aromatic nitrogens is 16. The van der Waals surface area contributed by atoms with Crippen molar-refractivity contribution in [2.75, 3.05) is 60.9 Å². The molecule has 4 aliphatic heterocycles. The molecule has 8 N–H and O–H groups in total. The molecule has 8 aromatic heterocycles. The van der Waals surface area contributed by atoms with Crippen molar-refractivity contribution >= 4 is 137 Å². The zero-order valence-corrected chi connectivity index (χ0v) is 69.0. The summed E-state index contributed by atoms with van der Waals surface area (Å²) in [5.41, 5.74) is 18.2. The van der Waals surface area contributed by atoms with E-state index in [0.29, 0.717) is 0 Å². The van der Waals surface area contributed by atoms with Crippen LogP contribution in [0.2, 0.25) is 0 Å². The van der Waals surface area contributed by atoms with E-state index in [9.17, 15) is 60.6 Å². The number of aromatic amines is 2. The predicted molar refractivity (Wildman–Crippen MR) is 428 cm³/mol. The van der Waals surface area contributed by atoms with Crippen LogP contribution in [0, 0.1) is 34.5 Å². The molecule has 49 nitrogen and oxygen atoms in total. The lowest BCUT2D eigenvalue weighted by atomic mass is 10.1. The molecule has 12 heterocycles. The Bertz CT molecular complexity index is 5750. The largest absolute Gasteiger partial charge is 0.698 e. The van der Waals surface area contributed by atoms with E-state index in [0.717, 1.165) is 47.1 Å². The third-order valence-corrected chi connectivity index (χ3v) is 24.8. The molecule has 0 saturated carbocycles. The van der Waals surface area contributed by atoms with Crippen molar-refractivity contribution in [2.24, 2.45) is 22.1 Å². The van der Waals surface area contributed by atoms with Gasteiger partial charge in [-0.25, -0.2) is 48.7 Å². The number of nitrogens with one attached hydrogen (secondary N) is 6. The third kappa shape index (κ3) is 18.9. The Balaban J connectivity index is 0.811. The van der Waals surface area contributed by atoms with Gasteiger partial charge in [0, 0.05) is 37.4 Å². The number of ether oxygens (including phenoxy) is 4. The van der Waals surface area contributed by atoms with Crippen LogP contribution in [0.5, 0.6) is 0 Å². The van der Waals surface area contributed by atoms with Crippen LogP contribution in [-0.2, 0) is 92.9 Å². The van der Waals surface area contributed by atoms with Crippen LogP contribution in [0.1, 0.15) is 86.2 Å². The highest BCUT2D eigenvalue weighted by Crippen LogP contribution is 2.58. The number of imidazole rings is 4. The molecule has 4 amide bonds. The maximum atomic E-state index is 17.0. The fourth-order valence-electron chi connectivity index (χ4n) is 13.3. The second-order valence-electron chi connectivity index (χ2n) is 27.9. The Hall–Kier alpha value is -11.6. The molecule has 18 atom stereocenters. The number of rotatable bonds is 36. The maximum Gasteiger partial charge on any atom is 0.698 e. The van der Waals surface area contributed by atoms with Crippen molar-refractivity contribution in [2.45, 2.75) is 139 Å². The highest BCUT2D eigenvalue weighted by molar-refractivity contribution is 8.07. The normalized spacial score (nSPS) is 24.7. The zero-order valence-electron chi connectivity index (χ0n) is 64.7. The molecule has 10 aromatic rings. The molecule has 124 heavy (non-hydrogen) atoms. The number of aliphatic hydroxyl groups is 2. The van der Waals surface area contributed by atoms with Gasteiger partial charge in [0.25, 0.3) is 22.9 Å². The second kappa shape index (κ2) is 38.7. The van der Waals surface area contributed by atoms with Crippen LogP contribution >= 0.6 is 21.7 Å². The summed E-state index contributed by atoms with van der Waals surface area (Å²) in [6.07, 6.45) is -20.5. The summed E-state index contributed by atoms with van der Waals surface area (Å²) in [7, 11) is -3.87. The van der Waals surface area contributed by atoms with Crippen molar-refractivity contribution in [3.05, 3.63) is 151 Å². The standard InChI is InChI=1S/C68H69F2N28O21P3S2/c1-31(2)57(101)87-67-85-55-45(61(105)89-67)81-29-97(55)63-47(39(69)35(21-99)112-63)118-121(123,108-19-11-17-71)110-23-37-41(91-93-73)49(65(114-37)95-27-79-43-51(75-25-77-53(43)95)83-59(103)33-13-7-5-8-14-33)116-120(107)117-50-42(92-94-74)38(115-66(50)96-28-80-44-52(76-26-78-54(44)96)84-60(104)34-15-9-6-10-16-34)24-111-122(124,109-20-12-18-72)119-48-40(70)36(22-100)113-64(48)98-30-82-46-56(98)86-68(90-62(46)106)88-58(102)32(3)4/h5-10,13-16,25-32,35-42,47-50,63-66,99-100H,11-12,19-24H2,1-4H3,(H5-,75,76,77,78,83,84,85,86,87,88,89,90,101,102,103,104,105,106)/p+1/t35-,36-,37-,38-,39-,40-,41-,42-,47-,48-,49-,50-,63-,64-,65-,66-,121?,122?/m1/s1. The minimum absolute atomic E-state index is 0.0931. The van der Waals surface area contributed by atoms with Gasteiger partial charge in [0.1, 0.15) is 49.2 Å². The number of alkyl halides is 2. The summed E-state index contributed by atoms with van der Waals surface area (Å²) in [4.78, 5) is 134. The smallest absolute Gasteiger partial charge is 0.394 e. The number of aliphatic hydroxyl groups excluding tert-OH is 2. The molecule has 4 saturated heterocycles. The van der Waals surface area contributed by atoms with E-state index in [1.807, 2.05) is 12.1 Å². The van der Waals surface area contributed by atoms with E-state index in [2.05, 4.69) is 101 Å². The van der Waals surface area contributed by atoms with Crippen molar-refractivity contribution in [3.8, 4) is 12.1 Å². The number of hydrogen-bond acceptors (Lipinski definition) is 37. The fourth-order valence-corrected chi connectivity index (χ4v) is 18.3. The Morgan fingerprint density at radius 3 is 1.28 bits per heavy atom. The lowest BCUT2D eigenvalue weighted by Crippen LogP contribution is -2.35. The first-order valence-corrected chi connectivity index (χ1v) is 43.5. The molecule has 4 aliphatic rings. The average Bonchev–Trinajstić information content (AvgIpc) is 1.62. The van der Waals surface area contributed by atoms with Gasteiger partial charge in [0.2, 0.25) is 23.7 Å². The molecule has 14 rings (SSSR count). The van der Waals surface area contributed by atoms with E-state index in [-0.39, 0.29) is 92.2 Å². The Kier molecular flexibility index (Phi) is 27.7. The first-order chi connectivity index (χ1) is 59.8. The average molecular weight is 1810 g/mol. The number of amides is 4. The number of carbonyl (C=O) groups excluding carboxylic acids is 4. The van der Waals surface area contributed by atoms with Crippen LogP contribution in [0.4, 0.5) is 32.3 Å². The SMILES string of the molecule is CC(C)C(=O)Nc1nc2c(ncn2[C@@H]2O[C@H](CO)[C@@H](F)[C@H]2OP(=S)(OCCC#N)OC[C@H]2O[C@@H](n3cnc4c(NC(=O)c5ccccc5)ncnc43)[C@H](O[P+](=O)O[C@@H]3[C@H](N=[N+]=[N-])[C@@H](COP(=S)(OCCC#N)O[C@@H]4[C@H](F)[C@@H](CO)O[C@H]4n4cnc5c(=O)[nH]c(NC(=O)C(C)C)nc54)O[C@H]3n3cnc4c(NC(=O)c5ccccc5)ncnc43)[C@@H]2N=[N+]=[N-])c(=O)[nH]1. The number of nitriles is 2.